The Bertz CT molecular complexity index is 373. The van der Waals surface area contributed by atoms with Gasteiger partial charge in [0, 0.05) is 5.92 Å². The average molecular weight is 254 g/mol. The lowest BCUT2D eigenvalue weighted by atomic mass is 9.89. The van der Waals surface area contributed by atoms with Gasteiger partial charge < -0.3 is 0 Å². The Kier molecular flexibility index (Phi) is 4.42. The molecule has 2 N–H and O–H groups in total. The third-order valence-corrected chi connectivity index (χ3v) is 3.69. The van der Waals surface area contributed by atoms with E-state index in [9.17, 15) is 4.79 Å². The maximum atomic E-state index is 11.9. The number of amides is 1. The van der Waals surface area contributed by atoms with Gasteiger partial charge in [0.2, 0.25) is 17.0 Å². The van der Waals surface area contributed by atoms with E-state index in [1.54, 1.807) is 11.8 Å². The third kappa shape index (κ3) is 3.46. The van der Waals surface area contributed by atoms with E-state index < -0.39 is 0 Å². The topological polar surface area (TPSA) is 70.7 Å². The summed E-state index contributed by atoms with van der Waals surface area (Å²) in [4.78, 5) is 16.1. The van der Waals surface area contributed by atoms with Crippen LogP contribution in [0.4, 0.5) is 5.95 Å². The molecular weight excluding hydrogens is 236 g/mol. The molecule has 0 saturated heterocycles. The maximum absolute atomic E-state index is 11.9. The van der Waals surface area contributed by atoms with E-state index in [0.717, 1.165) is 31.4 Å². The molecule has 0 radical (unpaired) electrons. The normalized spacial score (nSPS) is 17.0. The zero-order valence-corrected chi connectivity index (χ0v) is 10.8. The van der Waals surface area contributed by atoms with Gasteiger partial charge in [-0.25, -0.2) is 5.10 Å². The molecule has 0 bridgehead atoms. The van der Waals surface area contributed by atoms with Crippen LogP contribution in [-0.4, -0.2) is 26.8 Å². The number of nitrogens with zero attached hydrogens (tertiary/aromatic N) is 2. The van der Waals surface area contributed by atoms with Crippen LogP contribution in [0.3, 0.4) is 0 Å². The van der Waals surface area contributed by atoms with Crippen molar-refractivity contribution in [2.45, 2.75) is 44.2 Å². The summed E-state index contributed by atoms with van der Waals surface area (Å²) < 4.78 is 0. The van der Waals surface area contributed by atoms with Crippen molar-refractivity contribution in [2.75, 3.05) is 11.1 Å². The number of aromatic amines is 1. The Labute approximate surface area is 105 Å². The van der Waals surface area contributed by atoms with Crippen molar-refractivity contribution in [3.05, 3.63) is 0 Å². The Morgan fingerprint density at radius 3 is 2.94 bits per heavy atom. The van der Waals surface area contributed by atoms with Crippen molar-refractivity contribution in [3.8, 4) is 0 Å². The van der Waals surface area contributed by atoms with Crippen LogP contribution in [0.2, 0.25) is 0 Å². The van der Waals surface area contributed by atoms with Crippen LogP contribution in [0, 0.1) is 5.92 Å². The van der Waals surface area contributed by atoms with Crippen molar-refractivity contribution < 1.29 is 4.79 Å². The fraction of sp³-hybridized carbons (Fsp3) is 0.727. The predicted octanol–water partition coefficient (Wildman–Crippen LogP) is 2.44. The zero-order valence-electron chi connectivity index (χ0n) is 10.0. The van der Waals surface area contributed by atoms with E-state index in [0.29, 0.717) is 11.1 Å². The van der Waals surface area contributed by atoms with Crippen LogP contribution in [0.15, 0.2) is 5.16 Å². The van der Waals surface area contributed by atoms with Crippen molar-refractivity contribution in [1.82, 2.24) is 15.2 Å². The van der Waals surface area contributed by atoms with E-state index >= 15 is 0 Å². The van der Waals surface area contributed by atoms with Crippen LogP contribution in [0.5, 0.6) is 0 Å². The van der Waals surface area contributed by atoms with Gasteiger partial charge in [-0.1, -0.05) is 37.9 Å². The molecule has 1 heterocycles. The van der Waals surface area contributed by atoms with Gasteiger partial charge in [-0.05, 0) is 18.6 Å². The largest absolute Gasteiger partial charge is 0.295 e. The number of hydrogen-bond donors (Lipinski definition) is 2. The van der Waals surface area contributed by atoms with Crippen molar-refractivity contribution in [1.29, 1.82) is 0 Å². The van der Waals surface area contributed by atoms with Gasteiger partial charge in [-0.2, -0.15) is 4.98 Å². The number of anilines is 1. The maximum Gasteiger partial charge on any atom is 0.229 e. The molecule has 1 aliphatic rings. The summed E-state index contributed by atoms with van der Waals surface area (Å²) in [5.74, 6) is 1.62. The molecule has 17 heavy (non-hydrogen) atoms. The van der Waals surface area contributed by atoms with Crippen LogP contribution >= 0.6 is 11.8 Å². The first-order valence-electron chi connectivity index (χ1n) is 6.15. The second kappa shape index (κ2) is 6.05. The zero-order chi connectivity index (χ0) is 12.1. The lowest BCUT2D eigenvalue weighted by Crippen LogP contribution is -2.25. The summed E-state index contributed by atoms with van der Waals surface area (Å²) in [5.41, 5.74) is 0. The minimum Gasteiger partial charge on any atom is -0.295 e. The molecule has 1 amide bonds. The minimum absolute atomic E-state index is 0.0777. The summed E-state index contributed by atoms with van der Waals surface area (Å²) in [6.07, 6.45) is 5.56. The number of aromatic nitrogens is 3. The lowest BCUT2D eigenvalue weighted by Gasteiger charge is -2.19. The SMILES string of the molecule is CCSc1n[nH]c(NC(=O)C2CCCCC2)n1. The number of hydrogen-bond acceptors (Lipinski definition) is 4. The molecule has 0 unspecified atom stereocenters. The van der Waals surface area contributed by atoms with Gasteiger partial charge in [-0.3, -0.25) is 10.1 Å². The first-order chi connectivity index (χ1) is 8.29. The molecule has 1 aromatic heterocycles. The van der Waals surface area contributed by atoms with Crippen LogP contribution in [-0.2, 0) is 4.79 Å². The van der Waals surface area contributed by atoms with E-state index in [1.807, 2.05) is 6.92 Å². The van der Waals surface area contributed by atoms with Crippen molar-refractivity contribution in [3.63, 3.8) is 0 Å². The molecular formula is C11H18N4OS. The molecule has 0 aromatic carbocycles. The summed E-state index contributed by atoms with van der Waals surface area (Å²) in [6, 6.07) is 0. The Morgan fingerprint density at radius 1 is 1.47 bits per heavy atom. The minimum atomic E-state index is 0.0777. The number of carbonyl (C=O) groups is 1. The van der Waals surface area contributed by atoms with Gasteiger partial charge in [0.1, 0.15) is 0 Å². The highest BCUT2D eigenvalue weighted by Gasteiger charge is 2.21. The summed E-state index contributed by atoms with van der Waals surface area (Å²) >= 11 is 1.55. The number of rotatable bonds is 4. The Balaban J connectivity index is 1.88. The number of nitrogens with one attached hydrogen (secondary N) is 2. The molecule has 0 aliphatic heterocycles. The first-order valence-corrected chi connectivity index (χ1v) is 7.14. The Morgan fingerprint density at radius 2 is 2.24 bits per heavy atom. The summed E-state index contributed by atoms with van der Waals surface area (Å²) in [5, 5.41) is 10.3. The van der Waals surface area contributed by atoms with E-state index in [4.69, 9.17) is 0 Å². The second-order valence-electron chi connectivity index (χ2n) is 4.22. The van der Waals surface area contributed by atoms with Gasteiger partial charge in [0.05, 0.1) is 0 Å². The van der Waals surface area contributed by atoms with Crippen LogP contribution in [0.1, 0.15) is 39.0 Å². The average Bonchev–Trinajstić information content (AvgIpc) is 2.78. The lowest BCUT2D eigenvalue weighted by molar-refractivity contribution is -0.120. The summed E-state index contributed by atoms with van der Waals surface area (Å²) in [6.45, 7) is 2.04. The molecule has 1 saturated carbocycles. The Hall–Kier alpha value is -1.04. The molecule has 6 heteroatoms. The van der Waals surface area contributed by atoms with Gasteiger partial charge in [0.25, 0.3) is 0 Å². The fourth-order valence-corrected chi connectivity index (χ4v) is 2.60. The highest BCUT2D eigenvalue weighted by atomic mass is 32.2. The number of thioether (sulfide) groups is 1. The highest BCUT2D eigenvalue weighted by molar-refractivity contribution is 7.99. The number of carbonyl (C=O) groups excluding carboxylic acids is 1. The molecule has 1 aliphatic carbocycles. The summed E-state index contributed by atoms with van der Waals surface area (Å²) in [7, 11) is 0. The van der Waals surface area contributed by atoms with Crippen LogP contribution < -0.4 is 5.32 Å². The molecule has 0 spiro atoms. The van der Waals surface area contributed by atoms with Crippen LogP contribution in [0.25, 0.3) is 0 Å². The predicted molar refractivity (Wildman–Crippen MR) is 68.0 cm³/mol. The molecule has 94 valence electrons. The molecule has 1 aromatic rings. The van der Waals surface area contributed by atoms with E-state index in [-0.39, 0.29) is 11.8 Å². The third-order valence-electron chi connectivity index (χ3n) is 2.96. The van der Waals surface area contributed by atoms with Gasteiger partial charge in [-0.15, -0.1) is 5.10 Å². The first kappa shape index (κ1) is 12.4. The highest BCUT2D eigenvalue weighted by Crippen LogP contribution is 2.24. The quantitative estimate of drug-likeness (QED) is 0.810. The molecule has 0 atom stereocenters. The molecule has 2 rings (SSSR count). The second-order valence-corrected chi connectivity index (χ2v) is 5.45. The van der Waals surface area contributed by atoms with Crippen molar-refractivity contribution in [2.24, 2.45) is 5.92 Å². The monoisotopic (exact) mass is 254 g/mol. The van der Waals surface area contributed by atoms with Gasteiger partial charge >= 0.3 is 0 Å². The van der Waals surface area contributed by atoms with E-state index in [1.165, 1.54) is 6.42 Å². The fourth-order valence-electron chi connectivity index (χ4n) is 2.08. The van der Waals surface area contributed by atoms with Crippen molar-refractivity contribution >= 4 is 23.6 Å². The van der Waals surface area contributed by atoms with Gasteiger partial charge in [0.15, 0.2) is 0 Å². The standard InChI is InChI=1S/C11H18N4OS/c1-2-17-11-13-10(14-15-11)12-9(16)8-6-4-3-5-7-8/h8H,2-7H2,1H3,(H2,12,13,14,15,16). The van der Waals surface area contributed by atoms with E-state index in [2.05, 4.69) is 20.5 Å². The molecule has 5 nitrogen and oxygen atoms in total. The number of H-pyrrole nitrogens is 1. The molecule has 1 fully saturated rings. The smallest absolute Gasteiger partial charge is 0.229 e.